The zero-order valence-electron chi connectivity index (χ0n) is 17.0. The van der Waals surface area contributed by atoms with Gasteiger partial charge in [-0.3, -0.25) is 4.79 Å². The highest BCUT2D eigenvalue weighted by Crippen LogP contribution is 2.27. The molecule has 9 heteroatoms. The number of nitrogens with one attached hydrogen (secondary N) is 1. The zero-order valence-corrected chi connectivity index (χ0v) is 18.6. The molecule has 2 heterocycles. The van der Waals surface area contributed by atoms with E-state index in [1.165, 1.54) is 34.7 Å². The van der Waals surface area contributed by atoms with Gasteiger partial charge in [-0.15, -0.1) is 21.5 Å². The number of amides is 1. The van der Waals surface area contributed by atoms with Crippen LogP contribution in [0.1, 0.15) is 12.5 Å². The van der Waals surface area contributed by atoms with Crippen LogP contribution in [-0.2, 0) is 11.3 Å². The zero-order chi connectivity index (χ0) is 21.8. The predicted molar refractivity (Wildman–Crippen MR) is 123 cm³/mol. The molecule has 0 aliphatic rings. The van der Waals surface area contributed by atoms with Crippen molar-refractivity contribution in [3.8, 4) is 22.6 Å². The molecule has 2 aromatic heterocycles. The Kier molecular flexibility index (Phi) is 6.43. The normalized spacial score (nSPS) is 10.9. The highest BCUT2D eigenvalue weighted by atomic mass is 32.2. The number of benzene rings is 2. The largest absolute Gasteiger partial charge is 0.302 e. The van der Waals surface area contributed by atoms with E-state index in [2.05, 4.69) is 20.5 Å². The van der Waals surface area contributed by atoms with Crippen molar-refractivity contribution in [1.82, 2.24) is 19.7 Å². The van der Waals surface area contributed by atoms with Crippen LogP contribution in [0, 0.1) is 12.7 Å². The van der Waals surface area contributed by atoms with Crippen molar-refractivity contribution in [3.63, 3.8) is 0 Å². The highest BCUT2D eigenvalue weighted by molar-refractivity contribution is 7.99. The first kappa shape index (κ1) is 21.2. The molecule has 1 amide bonds. The Balaban J connectivity index is 1.41. The van der Waals surface area contributed by atoms with E-state index < -0.39 is 0 Å². The third-order valence-corrected chi connectivity index (χ3v) is 6.30. The molecule has 31 heavy (non-hydrogen) atoms. The van der Waals surface area contributed by atoms with Gasteiger partial charge in [-0.25, -0.2) is 9.37 Å². The molecule has 0 bridgehead atoms. The van der Waals surface area contributed by atoms with Gasteiger partial charge < -0.3 is 9.88 Å². The molecule has 0 saturated heterocycles. The lowest BCUT2D eigenvalue weighted by atomic mass is 10.1. The van der Waals surface area contributed by atoms with Gasteiger partial charge in [0.15, 0.2) is 16.1 Å². The molecule has 0 aliphatic heterocycles. The topological polar surface area (TPSA) is 72.7 Å². The van der Waals surface area contributed by atoms with Crippen LogP contribution in [0.3, 0.4) is 0 Å². The van der Waals surface area contributed by atoms with Gasteiger partial charge in [0, 0.05) is 17.5 Å². The van der Waals surface area contributed by atoms with Gasteiger partial charge in [0.1, 0.15) is 5.82 Å². The fourth-order valence-electron chi connectivity index (χ4n) is 3.00. The summed E-state index contributed by atoms with van der Waals surface area (Å²) >= 11 is 2.64. The van der Waals surface area contributed by atoms with Crippen molar-refractivity contribution < 1.29 is 9.18 Å². The van der Waals surface area contributed by atoms with Gasteiger partial charge in [-0.05, 0) is 26.0 Å². The second-order valence-electron chi connectivity index (χ2n) is 6.77. The molecular weight excluding hydrogens is 433 g/mol. The lowest BCUT2D eigenvalue weighted by molar-refractivity contribution is -0.113. The van der Waals surface area contributed by atoms with Crippen LogP contribution >= 0.6 is 23.1 Å². The van der Waals surface area contributed by atoms with E-state index in [9.17, 15) is 9.18 Å². The molecule has 4 aromatic rings. The Morgan fingerprint density at radius 3 is 2.68 bits per heavy atom. The summed E-state index contributed by atoms with van der Waals surface area (Å²) in [7, 11) is 0. The molecule has 0 fully saturated rings. The quantitative estimate of drug-likeness (QED) is 0.386. The first-order chi connectivity index (χ1) is 15.0. The number of carbonyl (C=O) groups is 1. The Labute approximate surface area is 187 Å². The molecule has 0 atom stereocenters. The van der Waals surface area contributed by atoms with Crippen LogP contribution in [0.2, 0.25) is 0 Å². The molecule has 0 unspecified atom stereocenters. The molecule has 0 radical (unpaired) electrons. The predicted octanol–water partition coefficient (Wildman–Crippen LogP) is 5.27. The lowest BCUT2D eigenvalue weighted by Crippen LogP contribution is -2.14. The number of thiazole rings is 1. The van der Waals surface area contributed by atoms with E-state index in [0.717, 1.165) is 11.3 Å². The third kappa shape index (κ3) is 4.83. The summed E-state index contributed by atoms with van der Waals surface area (Å²) in [5, 5.41) is 14.1. The maximum atomic E-state index is 14.1. The number of halogens is 1. The number of hydrogen-bond acceptors (Lipinski definition) is 6. The van der Waals surface area contributed by atoms with Gasteiger partial charge in [0.2, 0.25) is 5.91 Å². The van der Waals surface area contributed by atoms with Crippen LogP contribution in [0.5, 0.6) is 0 Å². The van der Waals surface area contributed by atoms with Crippen LogP contribution in [-0.4, -0.2) is 31.4 Å². The highest BCUT2D eigenvalue weighted by Gasteiger charge is 2.17. The van der Waals surface area contributed by atoms with Crippen LogP contribution in [0.4, 0.5) is 9.52 Å². The van der Waals surface area contributed by atoms with Gasteiger partial charge >= 0.3 is 0 Å². The summed E-state index contributed by atoms with van der Waals surface area (Å²) in [5.41, 5.74) is 3.41. The Morgan fingerprint density at radius 1 is 1.16 bits per heavy atom. The Hall–Kier alpha value is -3.04. The maximum Gasteiger partial charge on any atom is 0.236 e. The van der Waals surface area contributed by atoms with Crippen molar-refractivity contribution in [2.24, 2.45) is 0 Å². The number of nitrogens with zero attached hydrogens (tertiary/aromatic N) is 4. The molecule has 158 valence electrons. The van der Waals surface area contributed by atoms with E-state index in [1.54, 1.807) is 22.8 Å². The van der Waals surface area contributed by atoms with Crippen molar-refractivity contribution in [3.05, 3.63) is 65.3 Å². The molecule has 6 nitrogen and oxygen atoms in total. The number of aromatic nitrogens is 4. The smallest absolute Gasteiger partial charge is 0.236 e. The number of rotatable bonds is 7. The second-order valence-corrected chi connectivity index (χ2v) is 8.57. The summed E-state index contributed by atoms with van der Waals surface area (Å²) in [5.74, 6) is 0.0561. The second kappa shape index (κ2) is 9.40. The SMILES string of the molecule is CCn1c(SCC(=O)Nc2nc(-c3ccc(C)cc3)cs2)nnc1-c1ccccc1F. The first-order valence-corrected chi connectivity index (χ1v) is 11.5. The van der Waals surface area contributed by atoms with Crippen molar-refractivity contribution in [2.75, 3.05) is 11.1 Å². The average molecular weight is 454 g/mol. The summed E-state index contributed by atoms with van der Waals surface area (Å²) in [6.07, 6.45) is 0. The number of anilines is 1. The van der Waals surface area contributed by atoms with E-state index in [0.29, 0.717) is 28.2 Å². The van der Waals surface area contributed by atoms with Crippen LogP contribution in [0.15, 0.2) is 59.1 Å². The monoisotopic (exact) mass is 453 g/mol. The molecule has 0 spiro atoms. The average Bonchev–Trinajstić information content (AvgIpc) is 3.40. The Morgan fingerprint density at radius 2 is 1.94 bits per heavy atom. The lowest BCUT2D eigenvalue weighted by Gasteiger charge is -2.07. The number of hydrogen-bond donors (Lipinski definition) is 1. The summed E-state index contributed by atoms with van der Waals surface area (Å²) in [6, 6.07) is 14.5. The fourth-order valence-corrected chi connectivity index (χ4v) is 4.53. The number of carbonyl (C=O) groups excluding carboxylic acids is 1. The molecular formula is C22H20FN5OS2. The maximum absolute atomic E-state index is 14.1. The molecule has 0 aliphatic carbocycles. The number of aryl methyl sites for hydroxylation is 1. The standard InChI is InChI=1S/C22H20FN5OS2/c1-3-28-20(16-6-4-5-7-17(16)23)26-27-22(28)31-13-19(29)25-21-24-18(12-30-21)15-10-8-14(2)9-11-15/h4-12H,3,13H2,1-2H3,(H,24,25,29). The van der Waals surface area contributed by atoms with Gasteiger partial charge in [-0.2, -0.15) is 0 Å². The van der Waals surface area contributed by atoms with Crippen LogP contribution in [0.25, 0.3) is 22.6 Å². The summed E-state index contributed by atoms with van der Waals surface area (Å²) in [6.45, 7) is 4.53. The molecule has 2 aromatic carbocycles. The van der Waals surface area contributed by atoms with E-state index >= 15 is 0 Å². The van der Waals surface area contributed by atoms with Gasteiger partial charge in [-0.1, -0.05) is 53.7 Å². The van der Waals surface area contributed by atoms with Gasteiger partial charge in [0.05, 0.1) is 17.0 Å². The Bertz CT molecular complexity index is 1200. The van der Waals surface area contributed by atoms with E-state index in [-0.39, 0.29) is 17.5 Å². The van der Waals surface area contributed by atoms with Crippen molar-refractivity contribution >= 4 is 34.1 Å². The number of thioether (sulfide) groups is 1. The fraction of sp³-hybridized carbons (Fsp3) is 0.182. The third-order valence-electron chi connectivity index (χ3n) is 4.58. The van der Waals surface area contributed by atoms with Crippen LogP contribution < -0.4 is 5.32 Å². The molecule has 4 rings (SSSR count). The minimum atomic E-state index is -0.355. The van der Waals surface area contributed by atoms with Crippen molar-refractivity contribution in [2.45, 2.75) is 25.5 Å². The molecule has 1 N–H and O–H groups in total. The van der Waals surface area contributed by atoms with E-state index in [1.807, 2.05) is 43.5 Å². The summed E-state index contributed by atoms with van der Waals surface area (Å²) in [4.78, 5) is 16.9. The van der Waals surface area contributed by atoms with E-state index in [4.69, 9.17) is 0 Å². The van der Waals surface area contributed by atoms with Crippen molar-refractivity contribution in [1.29, 1.82) is 0 Å². The first-order valence-electron chi connectivity index (χ1n) is 9.68. The summed E-state index contributed by atoms with van der Waals surface area (Å²) < 4.78 is 15.9. The minimum absolute atomic E-state index is 0.148. The van der Waals surface area contributed by atoms with Gasteiger partial charge in [0.25, 0.3) is 0 Å². The molecule has 0 saturated carbocycles. The minimum Gasteiger partial charge on any atom is -0.302 e.